The lowest BCUT2D eigenvalue weighted by molar-refractivity contribution is -0.223. The van der Waals surface area contributed by atoms with Crippen LogP contribution in [0.5, 0.6) is 0 Å². The van der Waals surface area contributed by atoms with E-state index in [1.54, 1.807) is 25.0 Å². The molecule has 5 aliphatic carbocycles. The Balaban J connectivity index is 1.26. The van der Waals surface area contributed by atoms with E-state index >= 15 is 0 Å². The van der Waals surface area contributed by atoms with Crippen molar-refractivity contribution in [1.29, 1.82) is 0 Å². The number of thiol groups is 1. The molecule has 290 valence electrons. The third-order valence-corrected chi connectivity index (χ3v) is 18.2. The van der Waals surface area contributed by atoms with Crippen LogP contribution < -0.4 is 5.32 Å². The van der Waals surface area contributed by atoms with Gasteiger partial charge in [0.1, 0.15) is 6.10 Å². The number of ether oxygens (including phenoxy) is 1. The van der Waals surface area contributed by atoms with Crippen LogP contribution in [0.4, 0.5) is 0 Å². The number of hydrogen-bond donors (Lipinski definition) is 4. The predicted molar refractivity (Wildman–Crippen MR) is 212 cm³/mol. The first-order valence-electron chi connectivity index (χ1n) is 20.1. The molecule has 0 aliphatic heterocycles. The molecule has 4 fully saturated rings. The summed E-state index contributed by atoms with van der Waals surface area (Å²) in [5, 5.41) is 26.2. The summed E-state index contributed by atoms with van der Waals surface area (Å²) in [5.41, 5.74) is 2.79. The van der Waals surface area contributed by atoms with Crippen molar-refractivity contribution < 1.29 is 24.5 Å². The van der Waals surface area contributed by atoms with Gasteiger partial charge in [-0.15, -0.1) is 0 Å². The fraction of sp³-hybridized carbons (Fsp3) is 0.773. The van der Waals surface area contributed by atoms with Crippen LogP contribution in [0.1, 0.15) is 139 Å². The van der Waals surface area contributed by atoms with Crippen LogP contribution in [-0.4, -0.2) is 45.7 Å². The number of halogens is 1. The maximum atomic E-state index is 13.2. The zero-order valence-corrected chi connectivity index (χ0v) is 35.0. The Labute approximate surface area is 324 Å². The van der Waals surface area contributed by atoms with Crippen molar-refractivity contribution in [3.8, 4) is 0 Å². The highest BCUT2D eigenvalue weighted by molar-refractivity contribution is 7.82. The number of nitrogens with one attached hydrogen (secondary N) is 1. The molecule has 1 unspecified atom stereocenters. The van der Waals surface area contributed by atoms with Gasteiger partial charge in [0.25, 0.3) is 0 Å². The van der Waals surface area contributed by atoms with Gasteiger partial charge < -0.3 is 20.3 Å². The standard InChI is InChI=1S/C44H66ClNO5S/c1-27(2)30-16-19-43(33(47)26-46-25-28-10-12-29(45)13-11-28)22-20-40(7)31(36(30)43)14-15-32-41(40,8)21-23-44(52)39(5,6)34(17-18-42(32,44)9)51-35(48)24-38(3,4)37(49)50/h10-13,27,31-34,46-47,52H,14-26H2,1-9H3,(H,49,50)/t31-,32+,33-,34+,40-,41-,42-,43-,44?/m1/s1. The average molecular weight is 757 g/mol. The monoisotopic (exact) mass is 755 g/mol. The zero-order valence-electron chi connectivity index (χ0n) is 33.3. The summed E-state index contributed by atoms with van der Waals surface area (Å²) >= 11 is 11.8. The molecular formula is C44H66ClNO5S. The first-order chi connectivity index (χ1) is 24.1. The zero-order chi connectivity index (χ0) is 38.3. The van der Waals surface area contributed by atoms with Crippen LogP contribution in [0.2, 0.25) is 5.02 Å². The molecule has 0 saturated heterocycles. The van der Waals surface area contributed by atoms with Crippen molar-refractivity contribution in [2.45, 2.75) is 156 Å². The number of carboxylic acids is 1. The molecule has 1 aromatic carbocycles. The van der Waals surface area contributed by atoms with Crippen LogP contribution in [0.15, 0.2) is 35.4 Å². The molecule has 6 nitrogen and oxygen atoms in total. The quantitative estimate of drug-likeness (QED) is 0.108. The van der Waals surface area contributed by atoms with Crippen LogP contribution in [0, 0.1) is 50.2 Å². The van der Waals surface area contributed by atoms with Crippen LogP contribution in [0.3, 0.4) is 0 Å². The average Bonchev–Trinajstić information content (AvgIpc) is 3.47. The summed E-state index contributed by atoms with van der Waals surface area (Å²) in [6.07, 6.45) is 9.37. The maximum absolute atomic E-state index is 13.2. The Bertz CT molecular complexity index is 1590. The van der Waals surface area contributed by atoms with E-state index in [0.29, 0.717) is 30.8 Å². The molecule has 0 heterocycles. The second kappa shape index (κ2) is 13.6. The van der Waals surface area contributed by atoms with E-state index < -0.39 is 28.9 Å². The lowest BCUT2D eigenvalue weighted by Crippen LogP contribution is -2.71. The summed E-state index contributed by atoms with van der Waals surface area (Å²) in [4.78, 5) is 24.9. The lowest BCUT2D eigenvalue weighted by Gasteiger charge is -2.75. The number of fused-ring (bicyclic) bond motifs is 7. The number of carboxylic acid groups (broad SMARTS) is 1. The van der Waals surface area contributed by atoms with Crippen molar-refractivity contribution in [3.05, 3.63) is 46.0 Å². The van der Waals surface area contributed by atoms with Crippen molar-refractivity contribution >= 4 is 36.2 Å². The number of esters is 1. The normalized spacial score (nSPS) is 38.9. The summed E-state index contributed by atoms with van der Waals surface area (Å²) in [5.74, 6) is -0.0358. The predicted octanol–water partition coefficient (Wildman–Crippen LogP) is 10.1. The molecule has 3 N–H and O–H groups in total. The third-order valence-electron chi connectivity index (χ3n) is 16.6. The van der Waals surface area contributed by atoms with E-state index in [4.69, 9.17) is 29.0 Å². The van der Waals surface area contributed by atoms with E-state index in [1.807, 2.05) is 12.1 Å². The van der Waals surface area contributed by atoms with Crippen molar-refractivity contribution in [2.24, 2.45) is 50.2 Å². The number of benzene rings is 1. The molecule has 9 atom stereocenters. The van der Waals surface area contributed by atoms with E-state index in [-0.39, 0.29) is 38.9 Å². The number of aliphatic hydroxyl groups is 1. The van der Waals surface area contributed by atoms with Crippen LogP contribution in [0.25, 0.3) is 0 Å². The largest absolute Gasteiger partial charge is 0.481 e. The van der Waals surface area contributed by atoms with E-state index in [9.17, 15) is 19.8 Å². The van der Waals surface area contributed by atoms with Gasteiger partial charge in [-0.3, -0.25) is 9.59 Å². The summed E-state index contributed by atoms with van der Waals surface area (Å²) < 4.78 is 5.85. The Morgan fingerprint density at radius 3 is 2.23 bits per heavy atom. The van der Waals surface area contributed by atoms with Gasteiger partial charge in [-0.1, -0.05) is 83.3 Å². The Morgan fingerprint density at radius 2 is 1.60 bits per heavy atom. The highest BCUT2D eigenvalue weighted by atomic mass is 35.5. The molecule has 6 rings (SSSR count). The lowest BCUT2D eigenvalue weighted by atomic mass is 9.32. The summed E-state index contributed by atoms with van der Waals surface area (Å²) in [7, 11) is 0. The van der Waals surface area contributed by atoms with Crippen molar-refractivity contribution in [3.63, 3.8) is 0 Å². The van der Waals surface area contributed by atoms with Gasteiger partial charge in [0, 0.05) is 33.7 Å². The Morgan fingerprint density at radius 1 is 0.942 bits per heavy atom. The van der Waals surface area contributed by atoms with Gasteiger partial charge in [-0.2, -0.15) is 12.6 Å². The smallest absolute Gasteiger partial charge is 0.309 e. The second-order valence-electron chi connectivity index (χ2n) is 19.9. The fourth-order valence-corrected chi connectivity index (χ4v) is 13.7. The molecule has 0 aromatic heterocycles. The second-order valence-corrected chi connectivity index (χ2v) is 21.1. The highest BCUT2D eigenvalue weighted by Crippen LogP contribution is 2.79. The van der Waals surface area contributed by atoms with Gasteiger partial charge in [0.2, 0.25) is 0 Å². The topological polar surface area (TPSA) is 95.9 Å². The third kappa shape index (κ3) is 5.95. The molecule has 5 aliphatic rings. The number of aliphatic carboxylic acids is 1. The first kappa shape index (κ1) is 40.1. The van der Waals surface area contributed by atoms with Crippen LogP contribution in [-0.2, 0) is 20.9 Å². The minimum Gasteiger partial charge on any atom is -0.481 e. The number of allylic oxidation sites excluding steroid dienone is 1. The van der Waals surface area contributed by atoms with Crippen molar-refractivity contribution in [1.82, 2.24) is 5.32 Å². The molecule has 0 amide bonds. The van der Waals surface area contributed by atoms with E-state index in [1.165, 1.54) is 5.56 Å². The minimum atomic E-state index is -1.17. The molecule has 4 saturated carbocycles. The Hall–Kier alpha value is -1.54. The maximum Gasteiger partial charge on any atom is 0.309 e. The molecule has 52 heavy (non-hydrogen) atoms. The molecule has 0 radical (unpaired) electrons. The fourth-order valence-electron chi connectivity index (χ4n) is 13.0. The van der Waals surface area contributed by atoms with Crippen molar-refractivity contribution in [2.75, 3.05) is 6.54 Å². The molecule has 1 aromatic rings. The van der Waals surface area contributed by atoms with Crippen LogP contribution >= 0.6 is 24.2 Å². The molecule has 8 heteroatoms. The number of carbonyl (C=O) groups is 2. The van der Waals surface area contributed by atoms with E-state index in [2.05, 4.69) is 65.9 Å². The highest BCUT2D eigenvalue weighted by Gasteiger charge is 2.73. The summed E-state index contributed by atoms with van der Waals surface area (Å²) in [6, 6.07) is 7.96. The molecule has 0 bridgehead atoms. The van der Waals surface area contributed by atoms with Gasteiger partial charge in [-0.05, 0) is 130 Å². The number of carbonyl (C=O) groups excluding carboxylic acids is 1. The number of aliphatic hydroxyl groups excluding tert-OH is 1. The van der Waals surface area contributed by atoms with Gasteiger partial charge in [0.05, 0.1) is 17.9 Å². The van der Waals surface area contributed by atoms with Gasteiger partial charge in [0.15, 0.2) is 0 Å². The van der Waals surface area contributed by atoms with Gasteiger partial charge >= 0.3 is 11.9 Å². The van der Waals surface area contributed by atoms with Gasteiger partial charge in [-0.25, -0.2) is 0 Å². The summed E-state index contributed by atoms with van der Waals surface area (Å²) in [6.45, 7) is 21.4. The minimum absolute atomic E-state index is 0.0611. The number of rotatable bonds is 10. The number of hydrogen-bond acceptors (Lipinski definition) is 6. The van der Waals surface area contributed by atoms with E-state index in [0.717, 1.165) is 69.2 Å². The SMILES string of the molecule is CC(C)C1=C2[C@H]3CC[C@@H]4[C@@]5(C)CC[C@H](OC(=O)CC(C)(C)C(=O)O)C(C)(C)C5(S)CC[C@@]4(C)[C@]3(C)CC[C@@]2([C@H](O)CNCc2ccc(Cl)cc2)CC1. The molecule has 0 spiro atoms. The first-order valence-corrected chi connectivity index (χ1v) is 20.9. The molecular weight excluding hydrogens is 690 g/mol. The Kier molecular flexibility index (Phi) is 10.5.